The van der Waals surface area contributed by atoms with Gasteiger partial charge in [-0.2, -0.15) is 0 Å². The number of hydrogen-bond donors (Lipinski definition) is 0. The molecule has 2 rings (SSSR count). The molecule has 3 nitrogen and oxygen atoms in total. The van der Waals surface area contributed by atoms with E-state index in [2.05, 4.69) is 4.99 Å². The highest BCUT2D eigenvalue weighted by molar-refractivity contribution is 5.83. The van der Waals surface area contributed by atoms with Crippen molar-refractivity contribution in [1.29, 1.82) is 0 Å². The van der Waals surface area contributed by atoms with Crippen LogP contribution in [0.1, 0.15) is 17.2 Å². The van der Waals surface area contributed by atoms with Crippen molar-refractivity contribution in [3.05, 3.63) is 77.9 Å². The number of ether oxygens (including phenoxy) is 1. The quantitative estimate of drug-likeness (QED) is 0.618. The molecule has 0 saturated heterocycles. The van der Waals surface area contributed by atoms with E-state index >= 15 is 0 Å². The maximum absolute atomic E-state index is 11.8. The fourth-order valence-electron chi connectivity index (χ4n) is 1.88. The molecule has 0 fully saturated rings. The predicted molar refractivity (Wildman–Crippen MR) is 85.2 cm³/mol. The van der Waals surface area contributed by atoms with Crippen molar-refractivity contribution in [2.75, 3.05) is 7.11 Å². The Labute approximate surface area is 124 Å². The lowest BCUT2D eigenvalue weighted by molar-refractivity contribution is -0.142. The molecule has 0 aliphatic rings. The van der Waals surface area contributed by atoms with Gasteiger partial charge in [0, 0.05) is 6.21 Å². The first kappa shape index (κ1) is 14.7. The number of rotatable bonds is 5. The second-order valence-electron chi connectivity index (χ2n) is 4.40. The van der Waals surface area contributed by atoms with Gasteiger partial charge >= 0.3 is 5.97 Å². The molecule has 3 heteroatoms. The molecule has 0 bridgehead atoms. The zero-order chi connectivity index (χ0) is 14.9. The lowest BCUT2D eigenvalue weighted by Crippen LogP contribution is -2.12. The molecule has 106 valence electrons. The normalized spacial score (nSPS) is 12.6. The minimum Gasteiger partial charge on any atom is -0.467 e. The molecule has 0 aliphatic heterocycles. The average Bonchev–Trinajstić information content (AvgIpc) is 2.56. The van der Waals surface area contributed by atoms with Crippen LogP contribution in [-0.2, 0) is 9.53 Å². The van der Waals surface area contributed by atoms with E-state index in [-0.39, 0.29) is 5.97 Å². The maximum Gasteiger partial charge on any atom is 0.335 e. The van der Waals surface area contributed by atoms with Gasteiger partial charge in [0.15, 0.2) is 6.04 Å². The van der Waals surface area contributed by atoms with Crippen LogP contribution in [0.5, 0.6) is 0 Å². The van der Waals surface area contributed by atoms with Gasteiger partial charge in [0.05, 0.1) is 7.11 Å². The van der Waals surface area contributed by atoms with Crippen molar-refractivity contribution in [2.24, 2.45) is 4.99 Å². The molecule has 0 amide bonds. The van der Waals surface area contributed by atoms with E-state index in [0.717, 1.165) is 11.1 Å². The smallest absolute Gasteiger partial charge is 0.335 e. The maximum atomic E-state index is 11.8. The Hall–Kier alpha value is -2.68. The first-order valence-electron chi connectivity index (χ1n) is 6.69. The molecule has 0 heterocycles. The van der Waals surface area contributed by atoms with Gasteiger partial charge in [0.1, 0.15) is 0 Å². The van der Waals surface area contributed by atoms with Gasteiger partial charge in [-0.05, 0) is 17.2 Å². The van der Waals surface area contributed by atoms with E-state index in [0.29, 0.717) is 0 Å². The van der Waals surface area contributed by atoms with Crippen LogP contribution in [0.4, 0.5) is 0 Å². The molecule has 1 atom stereocenters. The van der Waals surface area contributed by atoms with Crippen molar-refractivity contribution in [2.45, 2.75) is 6.04 Å². The van der Waals surface area contributed by atoms with E-state index in [1.54, 1.807) is 6.21 Å². The van der Waals surface area contributed by atoms with Crippen LogP contribution < -0.4 is 0 Å². The SMILES string of the molecule is COC(=O)C(N=C/C=C/c1ccccc1)c1ccccc1. The Kier molecular flexibility index (Phi) is 5.47. The summed E-state index contributed by atoms with van der Waals surface area (Å²) in [6.45, 7) is 0. The summed E-state index contributed by atoms with van der Waals surface area (Å²) in [6.07, 6.45) is 5.37. The standard InChI is InChI=1S/C18H17NO2/c1-21-18(20)17(16-12-6-3-7-13-16)19-14-8-11-15-9-4-2-5-10-15/h2-14,17H,1H3/b11-8+,19-14?. The van der Waals surface area contributed by atoms with Gasteiger partial charge in [-0.15, -0.1) is 0 Å². The van der Waals surface area contributed by atoms with Gasteiger partial charge in [-0.3, -0.25) is 4.99 Å². The third-order valence-electron chi connectivity index (χ3n) is 2.95. The largest absolute Gasteiger partial charge is 0.467 e. The summed E-state index contributed by atoms with van der Waals surface area (Å²) in [5.74, 6) is -0.370. The Bertz CT molecular complexity index is 618. The Balaban J connectivity index is 2.11. The van der Waals surface area contributed by atoms with Crippen LogP contribution in [0.3, 0.4) is 0 Å². The molecule has 0 saturated carbocycles. The number of hydrogen-bond acceptors (Lipinski definition) is 3. The first-order valence-corrected chi connectivity index (χ1v) is 6.69. The fraction of sp³-hybridized carbons (Fsp3) is 0.111. The zero-order valence-electron chi connectivity index (χ0n) is 11.8. The summed E-state index contributed by atoms with van der Waals surface area (Å²) in [4.78, 5) is 16.1. The Morgan fingerprint density at radius 2 is 1.67 bits per heavy atom. The predicted octanol–water partition coefficient (Wildman–Crippen LogP) is 3.68. The summed E-state index contributed by atoms with van der Waals surface area (Å²) >= 11 is 0. The van der Waals surface area contributed by atoms with E-state index in [9.17, 15) is 4.79 Å². The third kappa shape index (κ3) is 4.42. The molecule has 0 spiro atoms. The van der Waals surface area contributed by atoms with Crippen molar-refractivity contribution < 1.29 is 9.53 Å². The minimum absolute atomic E-state index is 0.370. The van der Waals surface area contributed by atoms with Crippen molar-refractivity contribution >= 4 is 18.3 Å². The monoisotopic (exact) mass is 279 g/mol. The van der Waals surface area contributed by atoms with Gasteiger partial charge in [-0.1, -0.05) is 66.7 Å². The molecule has 0 aliphatic carbocycles. The van der Waals surface area contributed by atoms with Crippen LogP contribution in [0.15, 0.2) is 71.7 Å². The first-order chi connectivity index (χ1) is 10.3. The summed E-state index contributed by atoms with van der Waals surface area (Å²) in [6, 6.07) is 18.7. The van der Waals surface area contributed by atoms with Crippen molar-refractivity contribution in [3.8, 4) is 0 Å². The Morgan fingerprint density at radius 1 is 1.05 bits per heavy atom. The molecular weight excluding hydrogens is 262 g/mol. The van der Waals surface area contributed by atoms with Crippen LogP contribution in [0.25, 0.3) is 6.08 Å². The number of nitrogens with zero attached hydrogens (tertiary/aromatic N) is 1. The molecule has 21 heavy (non-hydrogen) atoms. The molecule has 2 aromatic rings. The average molecular weight is 279 g/mol. The summed E-state index contributed by atoms with van der Waals surface area (Å²) < 4.78 is 4.81. The van der Waals surface area contributed by atoms with Gasteiger partial charge in [0.25, 0.3) is 0 Å². The van der Waals surface area contributed by atoms with Gasteiger partial charge < -0.3 is 4.74 Å². The van der Waals surface area contributed by atoms with Crippen LogP contribution >= 0.6 is 0 Å². The number of carbonyl (C=O) groups is 1. The lowest BCUT2D eigenvalue weighted by Gasteiger charge is -2.09. The summed E-state index contributed by atoms with van der Waals surface area (Å²) in [5, 5.41) is 0. The van der Waals surface area contributed by atoms with E-state index in [1.165, 1.54) is 7.11 Å². The lowest BCUT2D eigenvalue weighted by atomic mass is 10.1. The number of carbonyl (C=O) groups excluding carboxylic acids is 1. The van der Waals surface area contributed by atoms with Crippen LogP contribution in [0.2, 0.25) is 0 Å². The van der Waals surface area contributed by atoms with Crippen LogP contribution in [-0.4, -0.2) is 19.3 Å². The summed E-state index contributed by atoms with van der Waals surface area (Å²) in [7, 11) is 1.37. The van der Waals surface area contributed by atoms with E-state index in [1.807, 2.05) is 72.8 Å². The highest BCUT2D eigenvalue weighted by atomic mass is 16.5. The fourth-order valence-corrected chi connectivity index (χ4v) is 1.88. The topological polar surface area (TPSA) is 38.7 Å². The Morgan fingerprint density at radius 3 is 2.29 bits per heavy atom. The number of aliphatic imine (C=N–C) groups is 1. The number of methoxy groups -OCH3 is 1. The molecule has 2 aromatic carbocycles. The van der Waals surface area contributed by atoms with Crippen molar-refractivity contribution in [1.82, 2.24) is 0 Å². The van der Waals surface area contributed by atoms with Gasteiger partial charge in [0.2, 0.25) is 0 Å². The number of esters is 1. The molecule has 1 unspecified atom stereocenters. The molecular formula is C18H17NO2. The highest BCUT2D eigenvalue weighted by Crippen LogP contribution is 2.18. The van der Waals surface area contributed by atoms with Gasteiger partial charge in [-0.25, -0.2) is 4.79 Å². The molecule has 0 aromatic heterocycles. The second kappa shape index (κ2) is 7.80. The summed E-state index contributed by atoms with van der Waals surface area (Å²) in [5.41, 5.74) is 1.90. The molecule has 0 N–H and O–H groups in total. The van der Waals surface area contributed by atoms with E-state index in [4.69, 9.17) is 4.74 Å². The second-order valence-corrected chi connectivity index (χ2v) is 4.40. The highest BCUT2D eigenvalue weighted by Gasteiger charge is 2.18. The minimum atomic E-state index is -0.628. The molecule has 0 radical (unpaired) electrons. The van der Waals surface area contributed by atoms with E-state index < -0.39 is 6.04 Å². The van der Waals surface area contributed by atoms with Crippen LogP contribution in [0, 0.1) is 0 Å². The number of allylic oxidation sites excluding steroid dienone is 1. The zero-order valence-corrected chi connectivity index (χ0v) is 11.8. The van der Waals surface area contributed by atoms with Crippen molar-refractivity contribution in [3.63, 3.8) is 0 Å². The number of benzene rings is 2. The third-order valence-corrected chi connectivity index (χ3v) is 2.95.